The van der Waals surface area contributed by atoms with E-state index in [0.717, 1.165) is 0 Å². The predicted octanol–water partition coefficient (Wildman–Crippen LogP) is 2.91. The van der Waals surface area contributed by atoms with Crippen LogP contribution in [0.5, 0.6) is 17.2 Å². The van der Waals surface area contributed by atoms with Gasteiger partial charge in [-0.1, -0.05) is 6.08 Å². The van der Waals surface area contributed by atoms with Gasteiger partial charge in [0.25, 0.3) is 0 Å². The second-order valence-electron chi connectivity index (χ2n) is 3.82. The van der Waals surface area contributed by atoms with Gasteiger partial charge in [-0.05, 0) is 19.1 Å². The minimum Gasteiger partial charge on any atom is -0.504 e. The SMILES string of the molecule is C/C=C/C(=O)c1c(O)c(OC)c2occc2c1OC.[Ar]. The van der Waals surface area contributed by atoms with Crippen molar-refractivity contribution in [1.82, 2.24) is 0 Å². The van der Waals surface area contributed by atoms with Crippen molar-refractivity contribution in [3.63, 3.8) is 0 Å². The summed E-state index contributed by atoms with van der Waals surface area (Å²) in [5.74, 6) is -0.262. The Hall–Kier alpha value is -1.17. The first-order chi connectivity index (χ1) is 9.15. The largest absolute Gasteiger partial charge is 0.504 e. The zero-order chi connectivity index (χ0) is 14.0. The Bertz CT molecular complexity index is 657. The zero-order valence-corrected chi connectivity index (χ0v) is 12.0. The molecular weight excluding hydrogens is 288 g/mol. The molecule has 0 bridgehead atoms. The molecule has 2 aromatic rings. The molecule has 1 N–H and O–H groups in total. The first-order valence-electron chi connectivity index (χ1n) is 5.66. The molecule has 20 heavy (non-hydrogen) atoms. The van der Waals surface area contributed by atoms with Crippen LogP contribution in [0.2, 0.25) is 0 Å². The van der Waals surface area contributed by atoms with Gasteiger partial charge in [0.1, 0.15) is 11.3 Å². The van der Waals surface area contributed by atoms with Crippen LogP contribution in [0.3, 0.4) is 0 Å². The van der Waals surface area contributed by atoms with Crippen molar-refractivity contribution in [3.8, 4) is 17.2 Å². The van der Waals surface area contributed by atoms with Gasteiger partial charge in [-0.15, -0.1) is 0 Å². The number of aromatic hydroxyl groups is 1. The molecule has 2 rings (SSSR count). The minimum atomic E-state index is -0.363. The summed E-state index contributed by atoms with van der Waals surface area (Å²) in [5.41, 5.74) is 0.403. The molecule has 1 aromatic heterocycles. The zero-order valence-electron chi connectivity index (χ0n) is 11.2. The van der Waals surface area contributed by atoms with Crippen molar-refractivity contribution in [2.24, 2.45) is 0 Å². The summed E-state index contributed by atoms with van der Waals surface area (Å²) < 4.78 is 15.6. The Labute approximate surface area is 146 Å². The Morgan fingerprint density at radius 3 is 2.50 bits per heavy atom. The van der Waals surface area contributed by atoms with Crippen LogP contribution in [0, 0.1) is 37.7 Å². The number of rotatable bonds is 4. The fourth-order valence-electron chi connectivity index (χ4n) is 1.99. The van der Waals surface area contributed by atoms with Crippen LogP contribution in [0.15, 0.2) is 28.9 Å². The van der Waals surface area contributed by atoms with E-state index in [-0.39, 0.29) is 66.3 Å². The number of carbonyl (C=O) groups excluding carboxylic acids is 1. The second-order valence-corrected chi connectivity index (χ2v) is 3.82. The van der Waals surface area contributed by atoms with Crippen LogP contribution in [0.1, 0.15) is 17.3 Å². The van der Waals surface area contributed by atoms with E-state index in [0.29, 0.717) is 11.0 Å². The van der Waals surface area contributed by atoms with Crippen molar-refractivity contribution in [3.05, 3.63) is 30.0 Å². The molecule has 0 aliphatic carbocycles. The number of ether oxygens (including phenoxy) is 2. The van der Waals surface area contributed by atoms with E-state index in [1.54, 1.807) is 19.1 Å². The fraction of sp³-hybridized carbons (Fsp3) is 0.214. The average Bonchev–Trinajstić information content (AvgIpc) is 2.86. The van der Waals surface area contributed by atoms with E-state index in [4.69, 9.17) is 13.9 Å². The smallest absolute Gasteiger partial charge is 0.205 e. The van der Waals surface area contributed by atoms with Gasteiger partial charge in [0.15, 0.2) is 17.1 Å². The molecular formula is C14H14ArO5. The fourth-order valence-corrected chi connectivity index (χ4v) is 1.99. The van der Waals surface area contributed by atoms with Crippen LogP contribution in [0.4, 0.5) is 0 Å². The topological polar surface area (TPSA) is 68.9 Å². The summed E-state index contributed by atoms with van der Waals surface area (Å²) in [4.78, 5) is 12.1. The number of phenols is 1. The quantitative estimate of drug-likeness (QED) is 0.694. The van der Waals surface area contributed by atoms with E-state index >= 15 is 0 Å². The Balaban J connectivity index is 0.00000200. The van der Waals surface area contributed by atoms with Crippen LogP contribution in [-0.4, -0.2) is 25.1 Å². The molecule has 0 saturated carbocycles. The number of methoxy groups -OCH3 is 2. The number of furan rings is 1. The molecule has 6 heteroatoms. The monoisotopic (exact) mass is 302 g/mol. The number of hydrogen-bond acceptors (Lipinski definition) is 5. The Morgan fingerprint density at radius 2 is 1.95 bits per heavy atom. The molecule has 5 nitrogen and oxygen atoms in total. The van der Waals surface area contributed by atoms with E-state index < -0.39 is 0 Å². The maximum Gasteiger partial charge on any atom is 0.205 e. The van der Waals surface area contributed by atoms with Gasteiger partial charge in [0.2, 0.25) is 5.75 Å². The first-order valence-corrected chi connectivity index (χ1v) is 5.66. The van der Waals surface area contributed by atoms with Gasteiger partial charge in [0, 0.05) is 37.7 Å². The molecule has 1 heterocycles. The van der Waals surface area contributed by atoms with Crippen molar-refractivity contribution in [2.75, 3.05) is 14.2 Å². The number of benzene rings is 1. The van der Waals surface area contributed by atoms with Crippen molar-refractivity contribution >= 4 is 16.8 Å². The summed E-state index contributed by atoms with van der Waals surface area (Å²) in [5, 5.41) is 10.8. The van der Waals surface area contributed by atoms with E-state index in [9.17, 15) is 9.90 Å². The van der Waals surface area contributed by atoms with E-state index in [2.05, 4.69) is 0 Å². The molecule has 0 aliphatic rings. The standard InChI is InChI=1S/C14H14O5.Ar/c1-4-5-9(15)10-11(16)14(18-3)13-8(6-7-19-13)12(10)17-2;/h4-7,16H,1-3H3;/b5-4+;. The molecule has 0 saturated heterocycles. The molecule has 1 aromatic carbocycles. The Morgan fingerprint density at radius 1 is 1.30 bits per heavy atom. The number of ketones is 1. The van der Waals surface area contributed by atoms with Crippen LogP contribution >= 0.6 is 0 Å². The third kappa shape index (κ3) is 2.66. The van der Waals surface area contributed by atoms with Gasteiger partial charge in [-0.25, -0.2) is 0 Å². The van der Waals surface area contributed by atoms with Gasteiger partial charge < -0.3 is 19.0 Å². The summed E-state index contributed by atoms with van der Waals surface area (Å²) >= 11 is 0. The summed E-state index contributed by atoms with van der Waals surface area (Å²) in [7, 11) is 2.83. The first kappa shape index (κ1) is 16.9. The number of hydrogen-bond donors (Lipinski definition) is 1. The molecule has 0 atom stereocenters. The van der Waals surface area contributed by atoms with Crippen LogP contribution in [-0.2, 0) is 0 Å². The van der Waals surface area contributed by atoms with Gasteiger partial charge >= 0.3 is 0 Å². The van der Waals surface area contributed by atoms with Crippen molar-refractivity contribution in [1.29, 1.82) is 0 Å². The molecule has 0 radical (unpaired) electrons. The summed E-state index contributed by atoms with van der Waals surface area (Å²) in [6.45, 7) is 1.72. The number of carbonyl (C=O) groups is 1. The maximum atomic E-state index is 12.1. The molecule has 0 unspecified atom stereocenters. The summed E-state index contributed by atoms with van der Waals surface area (Å²) in [6, 6.07) is 1.66. The van der Waals surface area contributed by atoms with Gasteiger partial charge in [0.05, 0.1) is 25.9 Å². The summed E-state index contributed by atoms with van der Waals surface area (Å²) in [6.07, 6.45) is 4.38. The second kappa shape index (κ2) is 7.02. The minimum absolute atomic E-state index is 0. The normalized spacial score (nSPS) is 10.6. The molecule has 0 spiro atoms. The van der Waals surface area contributed by atoms with Gasteiger partial charge in [-0.2, -0.15) is 0 Å². The van der Waals surface area contributed by atoms with Gasteiger partial charge in [-0.3, -0.25) is 4.79 Å². The number of fused-ring (bicyclic) bond motifs is 1. The third-order valence-electron chi connectivity index (χ3n) is 2.77. The number of phenolic OH excluding ortho intramolecular Hbond substituents is 1. The van der Waals surface area contributed by atoms with Crippen molar-refractivity contribution < 1.29 is 61.5 Å². The maximum absolute atomic E-state index is 12.1. The molecule has 108 valence electrons. The van der Waals surface area contributed by atoms with Crippen LogP contribution < -0.4 is 9.47 Å². The molecule has 0 aliphatic heterocycles. The predicted molar refractivity (Wildman–Crippen MR) is 70.1 cm³/mol. The number of allylic oxidation sites excluding steroid dienone is 2. The molecule has 0 fully saturated rings. The molecule has 0 amide bonds. The third-order valence-corrected chi connectivity index (χ3v) is 2.77. The van der Waals surface area contributed by atoms with Crippen molar-refractivity contribution in [2.45, 2.75) is 6.92 Å². The average molecular weight is 302 g/mol. The Kier molecular flexibility index (Phi) is 5.92. The van der Waals surface area contributed by atoms with Crippen LogP contribution in [0.25, 0.3) is 11.0 Å². The van der Waals surface area contributed by atoms with E-state index in [1.807, 2.05) is 0 Å². The van der Waals surface area contributed by atoms with E-state index in [1.165, 1.54) is 26.6 Å².